The van der Waals surface area contributed by atoms with Gasteiger partial charge in [-0.05, 0) is 30.2 Å². The molecule has 0 aliphatic heterocycles. The van der Waals surface area contributed by atoms with Crippen LogP contribution in [0.4, 0.5) is 5.82 Å². The molecule has 2 nitrogen and oxygen atoms in total. The van der Waals surface area contributed by atoms with Crippen LogP contribution < -0.4 is 5.32 Å². The first kappa shape index (κ1) is 14.7. The van der Waals surface area contributed by atoms with E-state index in [1.54, 1.807) is 6.07 Å². The standard InChI is InChI=1S/C13H10Cl4N2/c14-9-3-1-8(2-4-9)5-6-18-13-11(16)7-10(15)12(17)19-13/h1-4,7H,5-6H2,(H,18,19). The second-order valence-corrected chi connectivity index (χ2v) is 5.50. The van der Waals surface area contributed by atoms with Crippen LogP contribution in [0.2, 0.25) is 20.2 Å². The number of halogens is 4. The molecule has 0 unspecified atom stereocenters. The van der Waals surface area contributed by atoms with Gasteiger partial charge >= 0.3 is 0 Å². The summed E-state index contributed by atoms with van der Waals surface area (Å²) in [6, 6.07) is 9.26. The number of benzene rings is 1. The number of nitrogens with one attached hydrogen (secondary N) is 1. The molecule has 0 atom stereocenters. The average molecular weight is 336 g/mol. The van der Waals surface area contributed by atoms with Gasteiger partial charge in [0.1, 0.15) is 11.0 Å². The number of pyridine rings is 1. The van der Waals surface area contributed by atoms with Gasteiger partial charge in [0.05, 0.1) is 10.0 Å². The van der Waals surface area contributed by atoms with Crippen molar-refractivity contribution in [3.63, 3.8) is 0 Å². The molecule has 0 aliphatic rings. The maximum atomic E-state index is 6.02. The summed E-state index contributed by atoms with van der Waals surface area (Å²) in [5.41, 5.74) is 1.17. The van der Waals surface area contributed by atoms with Crippen molar-refractivity contribution in [1.29, 1.82) is 0 Å². The molecule has 1 heterocycles. The molecule has 1 aromatic heterocycles. The van der Waals surface area contributed by atoms with Gasteiger partial charge in [0.25, 0.3) is 0 Å². The van der Waals surface area contributed by atoms with Crippen LogP contribution in [-0.4, -0.2) is 11.5 Å². The predicted octanol–water partition coefficient (Wildman–Crippen LogP) is 5.35. The van der Waals surface area contributed by atoms with Gasteiger partial charge in [-0.3, -0.25) is 0 Å². The van der Waals surface area contributed by atoms with Crippen molar-refractivity contribution in [2.45, 2.75) is 6.42 Å². The molecule has 0 bridgehead atoms. The Kier molecular flexibility index (Phi) is 5.17. The molecule has 0 spiro atoms. The zero-order valence-corrected chi connectivity index (χ0v) is 12.8. The lowest BCUT2D eigenvalue weighted by Crippen LogP contribution is -2.07. The summed E-state index contributed by atoms with van der Waals surface area (Å²) in [4.78, 5) is 4.09. The van der Waals surface area contributed by atoms with Crippen molar-refractivity contribution in [1.82, 2.24) is 4.98 Å². The van der Waals surface area contributed by atoms with Crippen molar-refractivity contribution >= 4 is 52.2 Å². The Hall–Kier alpha value is -0.670. The van der Waals surface area contributed by atoms with Crippen molar-refractivity contribution in [2.75, 3.05) is 11.9 Å². The lowest BCUT2D eigenvalue weighted by molar-refractivity contribution is 1.01. The minimum absolute atomic E-state index is 0.236. The first-order valence-electron chi connectivity index (χ1n) is 5.56. The van der Waals surface area contributed by atoms with Crippen LogP contribution in [0.5, 0.6) is 0 Å². The van der Waals surface area contributed by atoms with Crippen molar-refractivity contribution < 1.29 is 0 Å². The van der Waals surface area contributed by atoms with E-state index in [0.29, 0.717) is 22.4 Å². The van der Waals surface area contributed by atoms with Crippen LogP contribution >= 0.6 is 46.4 Å². The summed E-state index contributed by atoms with van der Waals surface area (Å²) < 4.78 is 0. The summed E-state index contributed by atoms with van der Waals surface area (Å²) in [5, 5.41) is 4.88. The third-order valence-corrected chi connectivity index (χ3v) is 3.72. The second kappa shape index (κ2) is 6.67. The first-order valence-corrected chi connectivity index (χ1v) is 7.07. The molecule has 0 aliphatic carbocycles. The zero-order valence-electron chi connectivity index (χ0n) is 9.76. The average Bonchev–Trinajstić information content (AvgIpc) is 2.38. The minimum atomic E-state index is 0.236. The molecule has 19 heavy (non-hydrogen) atoms. The quantitative estimate of drug-likeness (QED) is 0.762. The Labute approximate surface area is 131 Å². The summed E-state index contributed by atoms with van der Waals surface area (Å²) in [7, 11) is 0. The molecule has 2 aromatic rings. The Bertz CT molecular complexity index is 570. The van der Waals surface area contributed by atoms with Gasteiger partial charge in [0.2, 0.25) is 0 Å². The lowest BCUT2D eigenvalue weighted by Gasteiger charge is -2.08. The Morgan fingerprint density at radius 3 is 2.32 bits per heavy atom. The Balaban J connectivity index is 1.96. The molecule has 0 fully saturated rings. The largest absolute Gasteiger partial charge is 0.368 e. The number of aromatic nitrogens is 1. The van der Waals surface area contributed by atoms with Crippen LogP contribution in [-0.2, 0) is 6.42 Å². The molecule has 0 saturated heterocycles. The highest BCUT2D eigenvalue weighted by Gasteiger charge is 2.07. The number of anilines is 1. The van der Waals surface area contributed by atoms with Gasteiger partial charge in [0.15, 0.2) is 0 Å². The third-order valence-electron chi connectivity index (χ3n) is 2.51. The van der Waals surface area contributed by atoms with Gasteiger partial charge in [-0.2, -0.15) is 0 Å². The first-order chi connectivity index (χ1) is 9.06. The van der Waals surface area contributed by atoms with E-state index in [-0.39, 0.29) is 5.15 Å². The van der Waals surface area contributed by atoms with E-state index < -0.39 is 0 Å². The molecule has 0 saturated carbocycles. The van der Waals surface area contributed by atoms with Gasteiger partial charge in [-0.25, -0.2) is 4.98 Å². The maximum Gasteiger partial charge on any atom is 0.150 e. The fraction of sp³-hybridized carbons (Fsp3) is 0.154. The van der Waals surface area contributed by atoms with Crippen LogP contribution in [0.15, 0.2) is 30.3 Å². The van der Waals surface area contributed by atoms with E-state index in [9.17, 15) is 0 Å². The van der Waals surface area contributed by atoms with Crippen LogP contribution in [0, 0.1) is 0 Å². The second-order valence-electron chi connectivity index (χ2n) is 3.89. The fourth-order valence-corrected chi connectivity index (χ4v) is 2.23. The van der Waals surface area contributed by atoms with Gasteiger partial charge in [-0.15, -0.1) is 0 Å². The molecule has 1 N–H and O–H groups in total. The van der Waals surface area contributed by atoms with E-state index in [2.05, 4.69) is 10.3 Å². The van der Waals surface area contributed by atoms with E-state index >= 15 is 0 Å². The van der Waals surface area contributed by atoms with Crippen LogP contribution in [0.1, 0.15) is 5.56 Å². The van der Waals surface area contributed by atoms with E-state index in [1.165, 1.54) is 5.56 Å². The SMILES string of the molecule is Clc1ccc(CCNc2nc(Cl)c(Cl)cc2Cl)cc1. The third kappa shape index (κ3) is 4.15. The molecular formula is C13H10Cl4N2. The van der Waals surface area contributed by atoms with E-state index in [0.717, 1.165) is 11.4 Å². The summed E-state index contributed by atoms with van der Waals surface area (Å²) in [6.45, 7) is 0.687. The smallest absolute Gasteiger partial charge is 0.150 e. The molecule has 0 radical (unpaired) electrons. The van der Waals surface area contributed by atoms with Crippen molar-refractivity contribution in [3.8, 4) is 0 Å². The number of nitrogens with zero attached hydrogens (tertiary/aromatic N) is 1. The van der Waals surface area contributed by atoms with Crippen molar-refractivity contribution in [2.24, 2.45) is 0 Å². The topological polar surface area (TPSA) is 24.9 Å². The number of hydrogen-bond donors (Lipinski definition) is 1. The van der Waals surface area contributed by atoms with E-state index in [1.807, 2.05) is 24.3 Å². The highest BCUT2D eigenvalue weighted by molar-refractivity contribution is 6.42. The van der Waals surface area contributed by atoms with Gasteiger partial charge < -0.3 is 5.32 Å². The van der Waals surface area contributed by atoms with Crippen LogP contribution in [0.3, 0.4) is 0 Å². The number of rotatable bonds is 4. The van der Waals surface area contributed by atoms with Crippen molar-refractivity contribution in [3.05, 3.63) is 56.1 Å². The summed E-state index contributed by atoms with van der Waals surface area (Å²) in [5.74, 6) is 0.532. The minimum Gasteiger partial charge on any atom is -0.368 e. The Morgan fingerprint density at radius 1 is 0.947 bits per heavy atom. The lowest BCUT2D eigenvalue weighted by atomic mass is 10.1. The summed E-state index contributed by atoms with van der Waals surface area (Å²) in [6.07, 6.45) is 0.829. The molecule has 6 heteroatoms. The van der Waals surface area contributed by atoms with Gasteiger partial charge in [-0.1, -0.05) is 58.5 Å². The monoisotopic (exact) mass is 334 g/mol. The summed E-state index contributed by atoms with van der Waals surface area (Å²) >= 11 is 23.5. The normalized spacial score (nSPS) is 10.5. The Morgan fingerprint density at radius 2 is 1.63 bits per heavy atom. The number of hydrogen-bond acceptors (Lipinski definition) is 2. The molecule has 0 amide bonds. The zero-order chi connectivity index (χ0) is 13.8. The van der Waals surface area contributed by atoms with Crippen LogP contribution in [0.25, 0.3) is 0 Å². The molecule has 1 aromatic carbocycles. The maximum absolute atomic E-state index is 6.02. The van der Waals surface area contributed by atoms with Gasteiger partial charge in [0, 0.05) is 11.6 Å². The highest BCUT2D eigenvalue weighted by Crippen LogP contribution is 2.28. The molecule has 2 rings (SSSR count). The molecular weight excluding hydrogens is 326 g/mol. The fourth-order valence-electron chi connectivity index (χ4n) is 1.54. The highest BCUT2D eigenvalue weighted by atomic mass is 35.5. The predicted molar refractivity (Wildman–Crippen MR) is 82.9 cm³/mol. The van der Waals surface area contributed by atoms with E-state index in [4.69, 9.17) is 46.4 Å². The molecule has 100 valence electrons.